The Morgan fingerprint density at radius 3 is 1.33 bits per heavy atom. The van der Waals surface area contributed by atoms with Gasteiger partial charge in [0.05, 0.1) is 0 Å². The van der Waals surface area contributed by atoms with Gasteiger partial charge in [-0.1, -0.05) is 64.8 Å². The average Bonchev–Trinajstić information content (AvgIpc) is 2.64. The van der Waals surface area contributed by atoms with Gasteiger partial charge in [-0.05, 0) is 72.9 Å². The molecule has 145 valence electrons. The first-order chi connectivity index (χ1) is 13.0. The first-order valence-corrected chi connectivity index (χ1v) is 10.4. The molecule has 2 rings (SSSR count). The van der Waals surface area contributed by atoms with E-state index in [2.05, 4.69) is 52.0 Å². The van der Waals surface area contributed by atoms with Crippen LogP contribution in [0.25, 0.3) is 0 Å². The fourth-order valence-corrected chi connectivity index (χ4v) is 3.03. The number of hydrogen-bond acceptors (Lipinski definition) is 2. The van der Waals surface area contributed by atoms with Gasteiger partial charge in [0.25, 0.3) is 0 Å². The average molecular weight is 365 g/mol. The van der Waals surface area contributed by atoms with Gasteiger partial charge in [0.2, 0.25) is 0 Å². The topological polar surface area (TPSA) is 18.5 Å². The molecule has 2 aromatic rings. The lowest BCUT2D eigenvalue weighted by Crippen LogP contribution is -2.10. The van der Waals surface area contributed by atoms with Gasteiger partial charge in [-0.15, -0.1) is 0 Å². The van der Waals surface area contributed by atoms with E-state index in [9.17, 15) is 0 Å². The molecule has 0 aliphatic rings. The van der Waals surface area contributed by atoms with E-state index in [1.165, 1.54) is 44.5 Å². The van der Waals surface area contributed by atoms with Crippen LogP contribution in [0.2, 0.25) is 0 Å². The largest absolute Gasteiger partial charge is 0.658 e. The van der Waals surface area contributed by atoms with Crippen LogP contribution >= 0.6 is 0 Å². The first-order valence-electron chi connectivity index (χ1n) is 10.4. The summed E-state index contributed by atoms with van der Waals surface area (Å²) < 4.78 is 11.2. The summed E-state index contributed by atoms with van der Waals surface area (Å²) >= 11 is 0. The highest BCUT2D eigenvalue weighted by atomic mass is 16.6. The molecule has 0 bridgehead atoms. The van der Waals surface area contributed by atoms with Gasteiger partial charge in [-0.3, -0.25) is 0 Å². The molecule has 27 heavy (non-hydrogen) atoms. The molecule has 3 heteroatoms. The number of rotatable bonds is 12. The van der Waals surface area contributed by atoms with Crippen molar-refractivity contribution in [3.8, 4) is 11.5 Å². The third-order valence-electron chi connectivity index (χ3n) is 4.71. The molecule has 2 aromatic carbocycles. The van der Waals surface area contributed by atoms with E-state index in [0.29, 0.717) is 0 Å². The Labute approximate surface area is 166 Å². The van der Waals surface area contributed by atoms with Gasteiger partial charge in [0, 0.05) is 0 Å². The van der Waals surface area contributed by atoms with Crippen molar-refractivity contribution < 1.29 is 9.31 Å². The maximum atomic E-state index is 5.58. The van der Waals surface area contributed by atoms with E-state index in [1.807, 2.05) is 24.3 Å². The highest BCUT2D eigenvalue weighted by molar-refractivity contribution is 6.20. The SMILES string of the molecule is CC(C)CCCc1ccc(O[B]Oc2ccc(CCCC(C)C)cc2)cc1. The lowest BCUT2D eigenvalue weighted by atomic mass is 10.0. The summed E-state index contributed by atoms with van der Waals surface area (Å²) in [7, 11) is 1.40. The number of hydrogen-bond donors (Lipinski definition) is 0. The Hall–Kier alpha value is -1.90. The molecule has 1 radical (unpaired) electrons. The van der Waals surface area contributed by atoms with E-state index in [0.717, 1.165) is 36.2 Å². The van der Waals surface area contributed by atoms with E-state index >= 15 is 0 Å². The zero-order valence-electron chi connectivity index (χ0n) is 17.4. The first kappa shape index (κ1) is 21.4. The van der Waals surface area contributed by atoms with Crippen molar-refractivity contribution >= 4 is 7.69 Å². The van der Waals surface area contributed by atoms with Crippen LogP contribution in [0.4, 0.5) is 0 Å². The second-order valence-corrected chi connectivity index (χ2v) is 8.19. The predicted molar refractivity (Wildman–Crippen MR) is 115 cm³/mol. The summed E-state index contributed by atoms with van der Waals surface area (Å²) in [5.41, 5.74) is 2.72. The molecule has 0 saturated carbocycles. The number of benzene rings is 2. The summed E-state index contributed by atoms with van der Waals surface area (Å²) in [6, 6.07) is 16.5. The van der Waals surface area contributed by atoms with Gasteiger partial charge in [0.1, 0.15) is 11.5 Å². The van der Waals surface area contributed by atoms with E-state index in [-0.39, 0.29) is 0 Å². The lowest BCUT2D eigenvalue weighted by Gasteiger charge is -2.09. The maximum Gasteiger partial charge on any atom is 0.658 e. The normalized spacial score (nSPS) is 11.0. The van der Waals surface area contributed by atoms with Crippen LogP contribution in [0.3, 0.4) is 0 Å². The minimum Gasteiger partial charge on any atom is -0.526 e. The van der Waals surface area contributed by atoms with Gasteiger partial charge >= 0.3 is 7.69 Å². The highest BCUT2D eigenvalue weighted by Gasteiger charge is 2.03. The van der Waals surface area contributed by atoms with Crippen molar-refractivity contribution in [3.63, 3.8) is 0 Å². The smallest absolute Gasteiger partial charge is 0.526 e. The van der Waals surface area contributed by atoms with Crippen LogP contribution in [-0.4, -0.2) is 7.69 Å². The molecule has 0 amide bonds. The molecule has 0 aliphatic heterocycles. The monoisotopic (exact) mass is 365 g/mol. The molecule has 0 saturated heterocycles. The Kier molecular flexibility index (Phi) is 9.31. The van der Waals surface area contributed by atoms with E-state index < -0.39 is 0 Å². The van der Waals surface area contributed by atoms with Gasteiger partial charge in [-0.2, -0.15) is 0 Å². The van der Waals surface area contributed by atoms with E-state index in [4.69, 9.17) is 9.31 Å². The van der Waals surface area contributed by atoms with Crippen LogP contribution < -0.4 is 9.31 Å². The van der Waals surface area contributed by atoms with Crippen LogP contribution in [0.1, 0.15) is 64.5 Å². The fourth-order valence-electron chi connectivity index (χ4n) is 3.03. The standard InChI is InChI=1S/C24H34BO2/c1-19(2)7-5-9-21-11-15-23(16-12-21)26-25-27-24-17-13-22(14-18-24)10-6-8-20(3)4/h11-20H,5-10H2,1-4H3. The Balaban J connectivity index is 1.68. The minimum absolute atomic E-state index is 0.772. The quantitative estimate of drug-likeness (QED) is 0.393. The molecule has 0 unspecified atom stereocenters. The third kappa shape index (κ3) is 9.04. The van der Waals surface area contributed by atoms with Crippen molar-refractivity contribution in [2.24, 2.45) is 11.8 Å². The van der Waals surface area contributed by atoms with Crippen molar-refractivity contribution in [3.05, 3.63) is 59.7 Å². The zero-order valence-corrected chi connectivity index (χ0v) is 17.4. The van der Waals surface area contributed by atoms with Crippen LogP contribution in [0.5, 0.6) is 11.5 Å². The Morgan fingerprint density at radius 1 is 0.630 bits per heavy atom. The highest BCUT2D eigenvalue weighted by Crippen LogP contribution is 2.17. The Morgan fingerprint density at radius 2 is 1.00 bits per heavy atom. The summed E-state index contributed by atoms with van der Waals surface area (Å²) in [6.07, 6.45) is 7.28. The van der Waals surface area contributed by atoms with Crippen molar-refractivity contribution in [2.75, 3.05) is 0 Å². The minimum atomic E-state index is 0.772. The van der Waals surface area contributed by atoms with Gasteiger partial charge < -0.3 is 9.31 Å². The summed E-state index contributed by atoms with van der Waals surface area (Å²) in [6.45, 7) is 9.08. The zero-order chi connectivity index (χ0) is 19.5. The van der Waals surface area contributed by atoms with Crippen LogP contribution in [-0.2, 0) is 12.8 Å². The summed E-state index contributed by atoms with van der Waals surface area (Å²) in [5, 5.41) is 0. The maximum absolute atomic E-state index is 5.58. The van der Waals surface area contributed by atoms with Gasteiger partial charge in [0.15, 0.2) is 0 Å². The second kappa shape index (κ2) is 11.7. The van der Waals surface area contributed by atoms with Gasteiger partial charge in [-0.25, -0.2) is 0 Å². The summed E-state index contributed by atoms with van der Waals surface area (Å²) in [4.78, 5) is 0. The Bertz CT molecular complexity index is 575. The summed E-state index contributed by atoms with van der Waals surface area (Å²) in [5.74, 6) is 3.14. The second-order valence-electron chi connectivity index (χ2n) is 8.19. The molecule has 0 heterocycles. The van der Waals surface area contributed by atoms with Crippen molar-refractivity contribution in [2.45, 2.75) is 66.2 Å². The third-order valence-corrected chi connectivity index (χ3v) is 4.71. The number of aryl methyl sites for hydroxylation is 2. The molecule has 0 atom stereocenters. The van der Waals surface area contributed by atoms with Crippen molar-refractivity contribution in [1.29, 1.82) is 0 Å². The lowest BCUT2D eigenvalue weighted by molar-refractivity contribution is 0.458. The predicted octanol–water partition coefficient (Wildman–Crippen LogP) is 6.64. The molecular weight excluding hydrogens is 331 g/mol. The molecule has 0 aromatic heterocycles. The van der Waals surface area contributed by atoms with Crippen molar-refractivity contribution in [1.82, 2.24) is 0 Å². The fraction of sp³-hybridized carbons (Fsp3) is 0.500. The molecule has 0 spiro atoms. The molecular formula is C24H34BO2. The van der Waals surface area contributed by atoms with Crippen LogP contribution in [0, 0.1) is 11.8 Å². The molecule has 2 nitrogen and oxygen atoms in total. The molecule has 0 fully saturated rings. The van der Waals surface area contributed by atoms with Crippen LogP contribution in [0.15, 0.2) is 48.5 Å². The molecule has 0 N–H and O–H groups in total. The van der Waals surface area contributed by atoms with E-state index in [1.54, 1.807) is 0 Å². The molecule has 0 aliphatic carbocycles.